The first-order valence-corrected chi connectivity index (χ1v) is 10.3. The fourth-order valence-corrected chi connectivity index (χ4v) is 4.03. The van der Waals surface area contributed by atoms with Crippen LogP contribution in [0.2, 0.25) is 0 Å². The summed E-state index contributed by atoms with van der Waals surface area (Å²) in [4.78, 5) is 26.7. The minimum Gasteiger partial charge on any atom is -0.378 e. The van der Waals surface area contributed by atoms with Gasteiger partial charge in [0.25, 0.3) is 5.91 Å². The van der Waals surface area contributed by atoms with Crippen molar-refractivity contribution in [3.05, 3.63) is 36.3 Å². The monoisotopic (exact) mass is 407 g/mol. The van der Waals surface area contributed by atoms with E-state index in [1.165, 1.54) is 0 Å². The Kier molecular flexibility index (Phi) is 5.06. The third-order valence-electron chi connectivity index (χ3n) is 5.72. The Morgan fingerprint density at radius 2 is 1.87 bits per heavy atom. The predicted molar refractivity (Wildman–Crippen MR) is 114 cm³/mol. The Morgan fingerprint density at radius 1 is 1.07 bits per heavy atom. The summed E-state index contributed by atoms with van der Waals surface area (Å²) in [5, 5.41) is 7.66. The van der Waals surface area contributed by atoms with Gasteiger partial charge < -0.3 is 19.9 Å². The molecule has 2 fully saturated rings. The number of nitrogens with one attached hydrogen (secondary N) is 1. The van der Waals surface area contributed by atoms with Crippen LogP contribution in [0, 0.1) is 0 Å². The fourth-order valence-electron chi connectivity index (χ4n) is 4.03. The van der Waals surface area contributed by atoms with Gasteiger partial charge in [-0.1, -0.05) is 6.07 Å². The molecular weight excluding hydrogens is 382 g/mol. The Morgan fingerprint density at radius 3 is 2.67 bits per heavy atom. The third kappa shape index (κ3) is 3.50. The van der Waals surface area contributed by atoms with Crippen LogP contribution in [0.3, 0.4) is 0 Å². The minimum absolute atomic E-state index is 0.0137. The number of rotatable bonds is 3. The summed E-state index contributed by atoms with van der Waals surface area (Å²) in [6, 6.07) is 5.93. The van der Waals surface area contributed by atoms with Crippen molar-refractivity contribution in [1.29, 1.82) is 0 Å². The number of carbonyl (C=O) groups is 1. The number of carbonyl (C=O) groups excluding carboxylic acids is 1. The fraction of sp³-hybridized carbons (Fsp3) is 0.429. The van der Waals surface area contributed by atoms with Crippen LogP contribution in [0.1, 0.15) is 10.5 Å². The molecule has 30 heavy (non-hydrogen) atoms. The first kappa shape index (κ1) is 19.0. The van der Waals surface area contributed by atoms with E-state index in [0.717, 1.165) is 54.2 Å². The molecule has 2 aliphatic heterocycles. The second-order valence-electron chi connectivity index (χ2n) is 7.60. The Balaban J connectivity index is 1.51. The number of amides is 1. The molecule has 2 aliphatic rings. The first-order valence-electron chi connectivity index (χ1n) is 10.3. The zero-order valence-electron chi connectivity index (χ0n) is 17.0. The zero-order chi connectivity index (χ0) is 20.5. The van der Waals surface area contributed by atoms with Gasteiger partial charge >= 0.3 is 0 Å². The number of fused-ring (bicyclic) bond motifs is 1. The standard InChI is InChI=1S/C21H25N7O2/c1-26-20(21(29)28-6-4-22-5-7-28)16(13-24-26)15-2-3-17-18(12-15)25-19(14-23-17)27-8-10-30-11-9-27/h2-3,12-14,22H,4-11H2,1H3. The lowest BCUT2D eigenvalue weighted by molar-refractivity contribution is 0.0725. The third-order valence-corrected chi connectivity index (χ3v) is 5.72. The highest BCUT2D eigenvalue weighted by Crippen LogP contribution is 2.28. The second-order valence-corrected chi connectivity index (χ2v) is 7.60. The maximum atomic E-state index is 13.2. The highest BCUT2D eigenvalue weighted by Gasteiger charge is 2.25. The molecule has 9 heteroatoms. The van der Waals surface area contributed by atoms with E-state index in [4.69, 9.17) is 9.72 Å². The molecule has 0 unspecified atom stereocenters. The lowest BCUT2D eigenvalue weighted by atomic mass is 10.0. The van der Waals surface area contributed by atoms with Crippen molar-refractivity contribution in [2.24, 2.45) is 7.05 Å². The number of hydrogen-bond donors (Lipinski definition) is 1. The number of aromatic nitrogens is 4. The number of anilines is 1. The van der Waals surface area contributed by atoms with Crippen molar-refractivity contribution in [3.63, 3.8) is 0 Å². The van der Waals surface area contributed by atoms with Gasteiger partial charge in [-0.2, -0.15) is 5.10 Å². The summed E-state index contributed by atoms with van der Waals surface area (Å²) in [6.07, 6.45) is 3.58. The van der Waals surface area contributed by atoms with Crippen LogP contribution in [0.15, 0.2) is 30.6 Å². The number of morpholine rings is 1. The van der Waals surface area contributed by atoms with Gasteiger partial charge in [0, 0.05) is 51.9 Å². The molecule has 156 valence electrons. The number of hydrogen-bond acceptors (Lipinski definition) is 7. The summed E-state index contributed by atoms with van der Waals surface area (Å²) in [5.41, 5.74) is 3.98. The lowest BCUT2D eigenvalue weighted by Crippen LogP contribution is -2.47. The van der Waals surface area contributed by atoms with Gasteiger partial charge in [-0.15, -0.1) is 0 Å². The molecular formula is C21H25N7O2. The van der Waals surface area contributed by atoms with E-state index >= 15 is 0 Å². The van der Waals surface area contributed by atoms with E-state index in [-0.39, 0.29) is 5.91 Å². The van der Waals surface area contributed by atoms with Crippen molar-refractivity contribution in [2.45, 2.75) is 0 Å². The van der Waals surface area contributed by atoms with Crippen LogP contribution in [0.25, 0.3) is 22.2 Å². The van der Waals surface area contributed by atoms with Crippen LogP contribution >= 0.6 is 0 Å². The molecule has 1 amide bonds. The van der Waals surface area contributed by atoms with Gasteiger partial charge in [-0.3, -0.25) is 14.5 Å². The van der Waals surface area contributed by atoms with Crippen LogP contribution < -0.4 is 10.2 Å². The van der Waals surface area contributed by atoms with Crippen molar-refractivity contribution < 1.29 is 9.53 Å². The zero-order valence-corrected chi connectivity index (χ0v) is 17.0. The van der Waals surface area contributed by atoms with Gasteiger partial charge in [0.1, 0.15) is 11.5 Å². The summed E-state index contributed by atoms with van der Waals surface area (Å²) >= 11 is 0. The smallest absolute Gasteiger partial charge is 0.272 e. The summed E-state index contributed by atoms with van der Waals surface area (Å²) in [5.74, 6) is 0.867. The van der Waals surface area contributed by atoms with E-state index < -0.39 is 0 Å². The molecule has 5 rings (SSSR count). The SMILES string of the molecule is Cn1ncc(-c2ccc3ncc(N4CCOCC4)nc3c2)c1C(=O)N1CCNCC1. The molecule has 0 spiro atoms. The molecule has 9 nitrogen and oxygen atoms in total. The van der Waals surface area contributed by atoms with Gasteiger partial charge in [0.15, 0.2) is 0 Å². The molecule has 1 aromatic carbocycles. The van der Waals surface area contributed by atoms with Gasteiger partial charge in [-0.25, -0.2) is 4.98 Å². The van der Waals surface area contributed by atoms with E-state index in [0.29, 0.717) is 32.0 Å². The van der Waals surface area contributed by atoms with E-state index in [2.05, 4.69) is 20.3 Å². The van der Waals surface area contributed by atoms with Gasteiger partial charge in [-0.05, 0) is 17.7 Å². The van der Waals surface area contributed by atoms with Crippen LogP contribution in [0.5, 0.6) is 0 Å². The van der Waals surface area contributed by atoms with E-state index in [1.54, 1.807) is 10.9 Å². The molecule has 3 aromatic rings. The normalized spacial score (nSPS) is 17.5. The summed E-state index contributed by atoms with van der Waals surface area (Å²) in [6.45, 7) is 6.06. The van der Waals surface area contributed by atoms with E-state index in [9.17, 15) is 4.79 Å². The van der Waals surface area contributed by atoms with Crippen LogP contribution in [-0.4, -0.2) is 83.0 Å². The second kappa shape index (κ2) is 8.00. The van der Waals surface area contributed by atoms with Crippen LogP contribution in [0.4, 0.5) is 5.82 Å². The highest BCUT2D eigenvalue weighted by molar-refractivity contribution is 6.00. The summed E-state index contributed by atoms with van der Waals surface area (Å²) in [7, 11) is 1.82. The van der Waals surface area contributed by atoms with Crippen molar-refractivity contribution >= 4 is 22.8 Å². The van der Waals surface area contributed by atoms with Gasteiger partial charge in [0.05, 0.1) is 36.6 Å². The highest BCUT2D eigenvalue weighted by atomic mass is 16.5. The number of benzene rings is 1. The quantitative estimate of drug-likeness (QED) is 0.690. The van der Waals surface area contributed by atoms with Crippen molar-refractivity contribution in [1.82, 2.24) is 30.0 Å². The largest absolute Gasteiger partial charge is 0.378 e. The average molecular weight is 407 g/mol. The minimum atomic E-state index is 0.0137. The molecule has 0 radical (unpaired) electrons. The van der Waals surface area contributed by atoms with E-state index in [1.807, 2.05) is 36.3 Å². The lowest BCUT2D eigenvalue weighted by Gasteiger charge is -2.28. The molecule has 0 atom stereocenters. The molecule has 2 aromatic heterocycles. The molecule has 0 bridgehead atoms. The van der Waals surface area contributed by atoms with Crippen LogP contribution in [-0.2, 0) is 11.8 Å². The van der Waals surface area contributed by atoms with Crippen molar-refractivity contribution in [2.75, 3.05) is 57.4 Å². The number of ether oxygens (including phenoxy) is 1. The maximum absolute atomic E-state index is 13.2. The molecule has 2 saturated heterocycles. The van der Waals surface area contributed by atoms with Crippen molar-refractivity contribution in [3.8, 4) is 11.1 Å². The Bertz CT molecular complexity index is 1070. The number of aryl methyl sites for hydroxylation is 1. The number of piperazine rings is 1. The Labute approximate surface area is 174 Å². The Hall–Kier alpha value is -3.04. The average Bonchev–Trinajstić information content (AvgIpc) is 3.20. The molecule has 0 aliphatic carbocycles. The molecule has 1 N–H and O–H groups in total. The first-order chi connectivity index (χ1) is 14.7. The van der Waals surface area contributed by atoms with Gasteiger partial charge in [0.2, 0.25) is 0 Å². The summed E-state index contributed by atoms with van der Waals surface area (Å²) < 4.78 is 7.10. The predicted octanol–water partition coefficient (Wildman–Crippen LogP) is 0.912. The molecule has 0 saturated carbocycles. The topological polar surface area (TPSA) is 88.4 Å². The number of nitrogens with zero attached hydrogens (tertiary/aromatic N) is 6. The molecule has 4 heterocycles. The maximum Gasteiger partial charge on any atom is 0.272 e.